The lowest BCUT2D eigenvalue weighted by atomic mass is 10.1. The van der Waals surface area contributed by atoms with Gasteiger partial charge in [-0.2, -0.15) is 5.10 Å². The van der Waals surface area contributed by atoms with Crippen LogP contribution in [0.15, 0.2) is 24.5 Å². The zero-order valence-corrected chi connectivity index (χ0v) is 11.7. The van der Waals surface area contributed by atoms with Crippen molar-refractivity contribution >= 4 is 0 Å². The molecule has 0 spiro atoms. The van der Waals surface area contributed by atoms with Crippen molar-refractivity contribution in [2.45, 2.75) is 27.0 Å². The molecule has 0 aliphatic rings. The van der Waals surface area contributed by atoms with Crippen LogP contribution in [0.5, 0.6) is 5.75 Å². The number of rotatable bonds is 6. The van der Waals surface area contributed by atoms with Gasteiger partial charge in [0.25, 0.3) is 0 Å². The van der Waals surface area contributed by atoms with Gasteiger partial charge in [0.15, 0.2) is 5.82 Å². The van der Waals surface area contributed by atoms with Crippen LogP contribution in [0.25, 0.3) is 0 Å². The molecule has 0 amide bonds. The van der Waals surface area contributed by atoms with Gasteiger partial charge in [-0.25, -0.2) is 4.98 Å². The summed E-state index contributed by atoms with van der Waals surface area (Å²) >= 11 is 0. The number of aromatic nitrogens is 3. The highest BCUT2D eigenvalue weighted by Crippen LogP contribution is 2.24. The molecule has 1 N–H and O–H groups in total. The maximum Gasteiger partial charge on any atom is 0.164 e. The van der Waals surface area contributed by atoms with Crippen LogP contribution in [0, 0.1) is 6.92 Å². The van der Waals surface area contributed by atoms with Gasteiger partial charge in [0.2, 0.25) is 0 Å². The van der Waals surface area contributed by atoms with E-state index in [1.807, 2.05) is 7.05 Å². The average Bonchev–Trinajstić information content (AvgIpc) is 2.81. The van der Waals surface area contributed by atoms with Crippen LogP contribution >= 0.6 is 0 Å². The SMILES string of the molecule is CCNCc1cccc(C)c1OCc1ncnn1C. The Hall–Kier alpha value is -1.88. The highest BCUT2D eigenvalue weighted by atomic mass is 16.5. The minimum Gasteiger partial charge on any atom is -0.485 e. The van der Waals surface area contributed by atoms with E-state index in [2.05, 4.69) is 47.4 Å². The number of benzene rings is 1. The van der Waals surface area contributed by atoms with E-state index in [1.165, 1.54) is 11.9 Å². The predicted octanol–water partition coefficient (Wildman–Crippen LogP) is 1.81. The third kappa shape index (κ3) is 3.32. The molecule has 0 fully saturated rings. The lowest BCUT2D eigenvalue weighted by molar-refractivity contribution is 0.284. The van der Waals surface area contributed by atoms with E-state index in [0.29, 0.717) is 6.61 Å². The minimum atomic E-state index is 0.431. The van der Waals surface area contributed by atoms with Crippen molar-refractivity contribution in [1.82, 2.24) is 20.1 Å². The minimum absolute atomic E-state index is 0.431. The highest BCUT2D eigenvalue weighted by Gasteiger charge is 2.08. The Bertz CT molecular complexity index is 536. The summed E-state index contributed by atoms with van der Waals surface area (Å²) in [5.41, 5.74) is 2.31. The van der Waals surface area contributed by atoms with Gasteiger partial charge in [0, 0.05) is 19.2 Å². The fraction of sp³-hybridized carbons (Fsp3) is 0.429. The van der Waals surface area contributed by atoms with Crippen molar-refractivity contribution in [2.24, 2.45) is 7.05 Å². The molecule has 0 aliphatic carbocycles. The molecular formula is C14H20N4O. The summed E-state index contributed by atoms with van der Waals surface area (Å²) < 4.78 is 7.65. The second kappa shape index (κ2) is 6.33. The van der Waals surface area contributed by atoms with Crippen molar-refractivity contribution in [1.29, 1.82) is 0 Å². The number of nitrogens with zero attached hydrogens (tertiary/aromatic N) is 3. The van der Waals surface area contributed by atoms with E-state index >= 15 is 0 Å². The second-order valence-corrected chi connectivity index (χ2v) is 4.43. The van der Waals surface area contributed by atoms with Gasteiger partial charge in [0.05, 0.1) is 0 Å². The summed E-state index contributed by atoms with van der Waals surface area (Å²) in [5.74, 6) is 1.75. The average molecular weight is 260 g/mol. The zero-order valence-electron chi connectivity index (χ0n) is 11.7. The van der Waals surface area contributed by atoms with Gasteiger partial charge < -0.3 is 10.1 Å². The van der Waals surface area contributed by atoms with Crippen LogP contribution in [0.2, 0.25) is 0 Å². The third-order valence-corrected chi connectivity index (χ3v) is 3.01. The summed E-state index contributed by atoms with van der Waals surface area (Å²) in [6, 6.07) is 6.19. The monoisotopic (exact) mass is 260 g/mol. The second-order valence-electron chi connectivity index (χ2n) is 4.43. The molecule has 0 bridgehead atoms. The van der Waals surface area contributed by atoms with E-state index < -0.39 is 0 Å². The molecule has 5 heteroatoms. The number of hydrogen-bond acceptors (Lipinski definition) is 4. The molecule has 102 valence electrons. The van der Waals surface area contributed by atoms with Crippen LogP contribution in [-0.4, -0.2) is 21.3 Å². The molecule has 1 aromatic heterocycles. The lowest BCUT2D eigenvalue weighted by Crippen LogP contribution is -2.14. The van der Waals surface area contributed by atoms with Gasteiger partial charge in [-0.05, 0) is 19.0 Å². The van der Waals surface area contributed by atoms with Crippen molar-refractivity contribution in [3.05, 3.63) is 41.5 Å². The lowest BCUT2D eigenvalue weighted by Gasteiger charge is -2.14. The smallest absolute Gasteiger partial charge is 0.164 e. The maximum absolute atomic E-state index is 5.93. The molecule has 0 atom stereocenters. The Morgan fingerprint density at radius 2 is 2.21 bits per heavy atom. The number of nitrogens with one attached hydrogen (secondary N) is 1. The number of aryl methyl sites for hydroxylation is 2. The number of para-hydroxylation sites is 1. The zero-order chi connectivity index (χ0) is 13.7. The standard InChI is InChI=1S/C14H20N4O/c1-4-15-8-12-7-5-6-11(2)14(12)19-9-13-16-10-17-18(13)3/h5-7,10,15H,4,8-9H2,1-3H3. The molecule has 1 heterocycles. The summed E-state index contributed by atoms with van der Waals surface area (Å²) in [6.07, 6.45) is 1.54. The first-order chi connectivity index (χ1) is 9.22. The number of hydrogen-bond donors (Lipinski definition) is 1. The van der Waals surface area contributed by atoms with Crippen LogP contribution in [0.4, 0.5) is 0 Å². The van der Waals surface area contributed by atoms with Crippen LogP contribution < -0.4 is 10.1 Å². The fourth-order valence-electron chi connectivity index (χ4n) is 1.91. The molecule has 5 nitrogen and oxygen atoms in total. The third-order valence-electron chi connectivity index (χ3n) is 3.01. The Balaban J connectivity index is 2.12. The van der Waals surface area contributed by atoms with Gasteiger partial charge in [-0.3, -0.25) is 4.68 Å². The van der Waals surface area contributed by atoms with E-state index in [1.54, 1.807) is 4.68 Å². The quantitative estimate of drug-likeness (QED) is 0.860. The molecule has 1 aromatic carbocycles. The summed E-state index contributed by atoms with van der Waals surface area (Å²) in [5, 5.41) is 7.36. The summed E-state index contributed by atoms with van der Waals surface area (Å²) in [7, 11) is 1.86. The molecule has 0 radical (unpaired) electrons. The van der Waals surface area contributed by atoms with Crippen molar-refractivity contribution in [3.63, 3.8) is 0 Å². The Kier molecular flexibility index (Phi) is 4.52. The summed E-state index contributed by atoms with van der Waals surface area (Å²) in [4.78, 5) is 4.16. The topological polar surface area (TPSA) is 52.0 Å². The summed E-state index contributed by atoms with van der Waals surface area (Å²) in [6.45, 7) is 6.33. The van der Waals surface area contributed by atoms with Crippen LogP contribution in [-0.2, 0) is 20.2 Å². The van der Waals surface area contributed by atoms with Gasteiger partial charge in [-0.15, -0.1) is 0 Å². The molecule has 0 aliphatic heterocycles. The molecule has 0 unspecified atom stereocenters. The van der Waals surface area contributed by atoms with Crippen molar-refractivity contribution in [2.75, 3.05) is 6.54 Å². The van der Waals surface area contributed by atoms with E-state index in [0.717, 1.165) is 30.2 Å². The first-order valence-corrected chi connectivity index (χ1v) is 6.47. The van der Waals surface area contributed by atoms with Crippen molar-refractivity contribution < 1.29 is 4.74 Å². The van der Waals surface area contributed by atoms with Gasteiger partial charge in [0.1, 0.15) is 18.7 Å². The van der Waals surface area contributed by atoms with Gasteiger partial charge in [-0.1, -0.05) is 25.1 Å². The first-order valence-electron chi connectivity index (χ1n) is 6.47. The van der Waals surface area contributed by atoms with E-state index in [-0.39, 0.29) is 0 Å². The molecular weight excluding hydrogens is 240 g/mol. The van der Waals surface area contributed by atoms with E-state index in [4.69, 9.17) is 4.74 Å². The fourth-order valence-corrected chi connectivity index (χ4v) is 1.91. The van der Waals surface area contributed by atoms with Crippen LogP contribution in [0.3, 0.4) is 0 Å². The Labute approximate surface area is 113 Å². The Morgan fingerprint density at radius 3 is 2.89 bits per heavy atom. The Morgan fingerprint density at radius 1 is 1.37 bits per heavy atom. The van der Waals surface area contributed by atoms with Crippen molar-refractivity contribution in [3.8, 4) is 5.75 Å². The maximum atomic E-state index is 5.93. The largest absolute Gasteiger partial charge is 0.485 e. The molecule has 2 aromatic rings. The molecule has 0 saturated carbocycles. The predicted molar refractivity (Wildman–Crippen MR) is 73.9 cm³/mol. The highest BCUT2D eigenvalue weighted by molar-refractivity contribution is 5.40. The molecule has 19 heavy (non-hydrogen) atoms. The van der Waals surface area contributed by atoms with Gasteiger partial charge >= 0.3 is 0 Å². The first kappa shape index (κ1) is 13.5. The molecule has 0 saturated heterocycles. The van der Waals surface area contributed by atoms with Crippen LogP contribution in [0.1, 0.15) is 23.9 Å². The number of ether oxygens (including phenoxy) is 1. The van der Waals surface area contributed by atoms with E-state index in [9.17, 15) is 0 Å². The molecule has 2 rings (SSSR count). The normalized spacial score (nSPS) is 10.7.